The van der Waals surface area contributed by atoms with Crippen molar-refractivity contribution in [1.82, 2.24) is 0 Å². The van der Waals surface area contributed by atoms with Gasteiger partial charge in [0.25, 0.3) is 0 Å². The first kappa shape index (κ1) is 14.6. The molecule has 0 radical (unpaired) electrons. The van der Waals surface area contributed by atoms with Crippen LogP contribution in [0.4, 0.5) is 5.69 Å². The number of carboxylic acid groups (broad SMARTS) is 1. The fraction of sp³-hybridized carbons (Fsp3) is 0.500. The van der Waals surface area contributed by atoms with Crippen LogP contribution in [0.1, 0.15) is 26.2 Å². The number of hydrogen-bond donors (Lipinski definition) is 1. The maximum absolute atomic E-state index is 12.6. The molecule has 1 aromatic carbocycles. The van der Waals surface area contributed by atoms with E-state index in [1.165, 1.54) is 0 Å². The van der Waals surface area contributed by atoms with Crippen molar-refractivity contribution in [1.29, 1.82) is 0 Å². The number of anilines is 1. The van der Waals surface area contributed by atoms with E-state index >= 15 is 0 Å². The first-order valence-corrected chi connectivity index (χ1v) is 7.10. The summed E-state index contributed by atoms with van der Waals surface area (Å²) in [5.41, 5.74) is 0.807. The fourth-order valence-electron chi connectivity index (χ4n) is 3.05. The molecule has 1 fully saturated rings. The predicted molar refractivity (Wildman–Crippen MR) is 77.5 cm³/mol. The molecule has 0 bridgehead atoms. The number of amides is 1. The molecule has 3 unspecified atom stereocenters. The summed E-state index contributed by atoms with van der Waals surface area (Å²) >= 11 is 0. The number of para-hydroxylation sites is 1. The Balaban J connectivity index is 2.17. The van der Waals surface area contributed by atoms with Crippen LogP contribution in [0.25, 0.3) is 0 Å². The fourth-order valence-corrected chi connectivity index (χ4v) is 3.05. The lowest BCUT2D eigenvalue weighted by Gasteiger charge is -2.23. The van der Waals surface area contributed by atoms with Gasteiger partial charge >= 0.3 is 5.97 Å². The van der Waals surface area contributed by atoms with Crippen LogP contribution >= 0.6 is 0 Å². The van der Waals surface area contributed by atoms with Crippen LogP contribution in [0.3, 0.4) is 0 Å². The summed E-state index contributed by atoms with van der Waals surface area (Å²) in [5.74, 6) is -1.53. The van der Waals surface area contributed by atoms with E-state index in [4.69, 9.17) is 0 Å². The van der Waals surface area contributed by atoms with Gasteiger partial charge in [-0.25, -0.2) is 0 Å². The first-order valence-electron chi connectivity index (χ1n) is 7.10. The van der Waals surface area contributed by atoms with Gasteiger partial charge in [-0.1, -0.05) is 31.5 Å². The highest BCUT2D eigenvalue weighted by Crippen LogP contribution is 2.39. The minimum absolute atomic E-state index is 0.0837. The van der Waals surface area contributed by atoms with E-state index < -0.39 is 17.8 Å². The Labute approximate surface area is 119 Å². The third-order valence-corrected chi connectivity index (χ3v) is 4.35. The van der Waals surface area contributed by atoms with E-state index in [9.17, 15) is 14.7 Å². The molecule has 108 valence electrons. The second kappa shape index (κ2) is 6.07. The molecule has 1 aromatic rings. The number of aliphatic carboxylic acids is 1. The van der Waals surface area contributed by atoms with Gasteiger partial charge < -0.3 is 10.0 Å². The molecular weight excluding hydrogens is 254 g/mol. The Morgan fingerprint density at radius 1 is 1.20 bits per heavy atom. The van der Waals surface area contributed by atoms with Crippen molar-refractivity contribution >= 4 is 17.6 Å². The summed E-state index contributed by atoms with van der Waals surface area (Å²) < 4.78 is 0. The average Bonchev–Trinajstić information content (AvgIpc) is 2.91. The number of carboxylic acids is 1. The first-order chi connectivity index (χ1) is 9.54. The van der Waals surface area contributed by atoms with Gasteiger partial charge in [0, 0.05) is 12.7 Å². The quantitative estimate of drug-likeness (QED) is 0.919. The summed E-state index contributed by atoms with van der Waals surface area (Å²) in [7, 11) is 1.72. The van der Waals surface area contributed by atoms with Gasteiger partial charge in [-0.05, 0) is 30.9 Å². The highest BCUT2D eigenvalue weighted by molar-refractivity contribution is 5.97. The van der Waals surface area contributed by atoms with Crippen molar-refractivity contribution in [3.63, 3.8) is 0 Å². The molecule has 4 heteroatoms. The molecule has 1 saturated carbocycles. The van der Waals surface area contributed by atoms with Crippen LogP contribution in [0.15, 0.2) is 30.3 Å². The average molecular weight is 275 g/mol. The molecule has 4 nitrogen and oxygen atoms in total. The van der Waals surface area contributed by atoms with Crippen molar-refractivity contribution in [2.24, 2.45) is 17.8 Å². The number of hydrogen-bond acceptors (Lipinski definition) is 2. The summed E-state index contributed by atoms with van der Waals surface area (Å²) in [6.07, 6.45) is 2.23. The molecule has 1 amide bonds. The van der Waals surface area contributed by atoms with Crippen LogP contribution < -0.4 is 4.90 Å². The van der Waals surface area contributed by atoms with Gasteiger partial charge in [-0.2, -0.15) is 0 Å². The summed E-state index contributed by atoms with van der Waals surface area (Å²) in [6.45, 7) is 2.05. The Kier molecular flexibility index (Phi) is 4.42. The molecule has 1 aliphatic rings. The molecule has 1 N–H and O–H groups in total. The zero-order valence-electron chi connectivity index (χ0n) is 12.0. The Morgan fingerprint density at radius 2 is 1.80 bits per heavy atom. The molecule has 0 spiro atoms. The molecule has 3 atom stereocenters. The SMILES string of the molecule is CCC1CC(C(=O)O)C(C(=O)N(C)c2ccccc2)C1. The second-order valence-corrected chi connectivity index (χ2v) is 5.53. The van der Waals surface area contributed by atoms with Crippen LogP contribution in [-0.4, -0.2) is 24.0 Å². The van der Waals surface area contributed by atoms with Crippen molar-refractivity contribution in [2.45, 2.75) is 26.2 Å². The van der Waals surface area contributed by atoms with E-state index in [-0.39, 0.29) is 5.91 Å². The minimum Gasteiger partial charge on any atom is -0.481 e. The zero-order chi connectivity index (χ0) is 14.7. The van der Waals surface area contributed by atoms with Gasteiger partial charge in [0.2, 0.25) is 5.91 Å². The Bertz CT molecular complexity index is 486. The van der Waals surface area contributed by atoms with Crippen molar-refractivity contribution < 1.29 is 14.7 Å². The number of nitrogens with zero attached hydrogens (tertiary/aromatic N) is 1. The summed E-state index contributed by atoms with van der Waals surface area (Å²) in [5, 5.41) is 9.33. The van der Waals surface area contributed by atoms with Gasteiger partial charge in [-0.15, -0.1) is 0 Å². The molecule has 0 heterocycles. The topological polar surface area (TPSA) is 57.6 Å². The van der Waals surface area contributed by atoms with Crippen LogP contribution in [0.2, 0.25) is 0 Å². The van der Waals surface area contributed by atoms with Gasteiger partial charge in [0.1, 0.15) is 0 Å². The monoisotopic (exact) mass is 275 g/mol. The highest BCUT2D eigenvalue weighted by atomic mass is 16.4. The van der Waals surface area contributed by atoms with Crippen molar-refractivity contribution in [3.8, 4) is 0 Å². The van der Waals surface area contributed by atoms with E-state index in [1.54, 1.807) is 11.9 Å². The number of rotatable bonds is 4. The predicted octanol–water partition coefficient (Wildman–Crippen LogP) is 2.79. The van der Waals surface area contributed by atoms with Gasteiger partial charge in [0.15, 0.2) is 0 Å². The molecule has 2 rings (SSSR count). The number of carbonyl (C=O) groups is 2. The minimum atomic E-state index is -0.847. The maximum Gasteiger partial charge on any atom is 0.307 e. The standard InChI is InChI=1S/C16H21NO3/c1-3-11-9-13(14(10-11)16(19)20)15(18)17(2)12-7-5-4-6-8-12/h4-8,11,13-14H,3,9-10H2,1-2H3,(H,19,20). The lowest BCUT2D eigenvalue weighted by atomic mass is 9.94. The molecule has 0 aromatic heterocycles. The molecule has 20 heavy (non-hydrogen) atoms. The van der Waals surface area contributed by atoms with Crippen LogP contribution in [-0.2, 0) is 9.59 Å². The third kappa shape index (κ3) is 2.84. The second-order valence-electron chi connectivity index (χ2n) is 5.53. The van der Waals surface area contributed by atoms with Crippen molar-refractivity contribution in [2.75, 3.05) is 11.9 Å². The van der Waals surface area contributed by atoms with Gasteiger partial charge in [-0.3, -0.25) is 9.59 Å². The smallest absolute Gasteiger partial charge is 0.307 e. The lowest BCUT2D eigenvalue weighted by Crippen LogP contribution is -2.36. The molecular formula is C16H21NO3. The summed E-state index contributed by atoms with van der Waals surface area (Å²) in [6, 6.07) is 9.36. The third-order valence-electron chi connectivity index (χ3n) is 4.35. The Morgan fingerprint density at radius 3 is 2.35 bits per heavy atom. The zero-order valence-corrected chi connectivity index (χ0v) is 12.0. The number of benzene rings is 1. The largest absolute Gasteiger partial charge is 0.481 e. The maximum atomic E-state index is 12.6. The van der Waals surface area contributed by atoms with E-state index in [2.05, 4.69) is 6.92 Å². The van der Waals surface area contributed by atoms with Crippen LogP contribution in [0.5, 0.6) is 0 Å². The summed E-state index contributed by atoms with van der Waals surface area (Å²) in [4.78, 5) is 25.5. The van der Waals surface area contributed by atoms with Crippen LogP contribution in [0, 0.1) is 17.8 Å². The number of carbonyl (C=O) groups excluding carboxylic acids is 1. The van der Waals surface area contributed by atoms with E-state index in [0.29, 0.717) is 18.8 Å². The molecule has 1 aliphatic carbocycles. The normalized spacial score (nSPS) is 25.4. The van der Waals surface area contributed by atoms with E-state index in [0.717, 1.165) is 12.1 Å². The Hall–Kier alpha value is -1.84. The lowest BCUT2D eigenvalue weighted by molar-refractivity contribution is -0.145. The molecule has 0 aliphatic heterocycles. The molecule has 0 saturated heterocycles. The highest BCUT2D eigenvalue weighted by Gasteiger charge is 2.43. The van der Waals surface area contributed by atoms with Gasteiger partial charge in [0.05, 0.1) is 11.8 Å². The van der Waals surface area contributed by atoms with Crippen molar-refractivity contribution in [3.05, 3.63) is 30.3 Å². The van der Waals surface area contributed by atoms with E-state index in [1.807, 2.05) is 30.3 Å².